The molecule has 26 heavy (non-hydrogen) atoms. The van der Waals surface area contributed by atoms with Gasteiger partial charge in [-0.3, -0.25) is 4.79 Å². The summed E-state index contributed by atoms with van der Waals surface area (Å²) in [6.45, 7) is 6.22. The monoisotopic (exact) mass is 358 g/mol. The van der Waals surface area contributed by atoms with Gasteiger partial charge in [0.25, 0.3) is 0 Å². The van der Waals surface area contributed by atoms with Crippen molar-refractivity contribution in [3.63, 3.8) is 0 Å². The van der Waals surface area contributed by atoms with Gasteiger partial charge in [-0.05, 0) is 30.7 Å². The van der Waals surface area contributed by atoms with E-state index in [0.29, 0.717) is 31.0 Å². The van der Waals surface area contributed by atoms with E-state index in [9.17, 15) is 4.79 Å². The number of aromatic nitrogens is 2. The van der Waals surface area contributed by atoms with Crippen molar-refractivity contribution in [2.24, 2.45) is 23.2 Å². The summed E-state index contributed by atoms with van der Waals surface area (Å²) in [5.74, 6) is 2.25. The van der Waals surface area contributed by atoms with Crippen LogP contribution in [0.2, 0.25) is 0 Å². The molecule has 3 aliphatic heterocycles. The van der Waals surface area contributed by atoms with Crippen LogP contribution in [-0.4, -0.2) is 73.4 Å². The van der Waals surface area contributed by atoms with Crippen LogP contribution in [0.15, 0.2) is 18.5 Å². The molecule has 0 N–H and O–H groups in total. The minimum atomic E-state index is -0.0237. The summed E-state index contributed by atoms with van der Waals surface area (Å²) >= 11 is 0. The van der Waals surface area contributed by atoms with Crippen LogP contribution in [0, 0.1) is 23.2 Å². The van der Waals surface area contributed by atoms with Crippen LogP contribution in [0.5, 0.6) is 0 Å². The molecule has 4 atom stereocenters. The quantitative estimate of drug-likeness (QED) is 0.780. The largest absolute Gasteiger partial charge is 0.381 e. The minimum Gasteiger partial charge on any atom is -0.381 e. The fourth-order valence-corrected chi connectivity index (χ4v) is 5.08. The lowest BCUT2D eigenvalue weighted by atomic mass is 9.80. The summed E-state index contributed by atoms with van der Waals surface area (Å²) < 4.78 is 11.4. The Morgan fingerprint density at radius 2 is 1.92 bits per heavy atom. The van der Waals surface area contributed by atoms with Crippen LogP contribution in [-0.2, 0) is 14.3 Å². The minimum absolute atomic E-state index is 0.0237. The Morgan fingerprint density at radius 3 is 2.73 bits per heavy atom. The Balaban J connectivity index is 1.31. The van der Waals surface area contributed by atoms with Crippen molar-refractivity contribution in [2.75, 3.05) is 57.5 Å². The maximum atomic E-state index is 13.0. The summed E-state index contributed by atoms with van der Waals surface area (Å²) in [6.07, 6.45) is 5.69. The summed E-state index contributed by atoms with van der Waals surface area (Å²) in [5, 5.41) is 0. The van der Waals surface area contributed by atoms with E-state index in [1.165, 1.54) is 0 Å². The van der Waals surface area contributed by atoms with Crippen molar-refractivity contribution in [3.8, 4) is 0 Å². The maximum Gasteiger partial charge on any atom is 0.226 e. The van der Waals surface area contributed by atoms with Gasteiger partial charge in [0.05, 0.1) is 26.4 Å². The van der Waals surface area contributed by atoms with Gasteiger partial charge in [-0.25, -0.2) is 9.97 Å². The zero-order valence-electron chi connectivity index (χ0n) is 15.0. The van der Waals surface area contributed by atoms with Crippen LogP contribution in [0.4, 0.5) is 5.95 Å². The van der Waals surface area contributed by atoms with Gasteiger partial charge in [0.1, 0.15) is 0 Å². The molecule has 4 fully saturated rings. The average molecular weight is 358 g/mol. The molecule has 140 valence electrons. The van der Waals surface area contributed by atoms with Gasteiger partial charge in [-0.1, -0.05) is 0 Å². The van der Waals surface area contributed by atoms with Gasteiger partial charge in [0, 0.05) is 49.9 Å². The van der Waals surface area contributed by atoms with Crippen molar-refractivity contribution in [1.29, 1.82) is 0 Å². The van der Waals surface area contributed by atoms with E-state index in [0.717, 1.165) is 58.2 Å². The SMILES string of the molecule is O=C(C1[C@H]2COC[C@@H]12)N1CCCC2(COCCN(c3ncccn3)C2)C1. The second kappa shape index (κ2) is 6.46. The van der Waals surface area contributed by atoms with Gasteiger partial charge in [-0.15, -0.1) is 0 Å². The van der Waals surface area contributed by atoms with E-state index in [2.05, 4.69) is 19.8 Å². The molecule has 4 aliphatic rings. The van der Waals surface area contributed by atoms with E-state index in [-0.39, 0.29) is 11.3 Å². The third kappa shape index (κ3) is 2.87. The Labute approximate surface area is 153 Å². The first kappa shape index (κ1) is 16.4. The highest BCUT2D eigenvalue weighted by atomic mass is 16.5. The van der Waals surface area contributed by atoms with Crippen LogP contribution in [0.25, 0.3) is 0 Å². The summed E-state index contributed by atoms with van der Waals surface area (Å²) in [5.41, 5.74) is -0.0237. The molecular formula is C19H26N4O3. The van der Waals surface area contributed by atoms with E-state index in [1.54, 1.807) is 12.4 Å². The molecule has 7 nitrogen and oxygen atoms in total. The number of hydrogen-bond donors (Lipinski definition) is 0. The van der Waals surface area contributed by atoms with E-state index < -0.39 is 0 Å². The molecular weight excluding hydrogens is 332 g/mol. The molecule has 1 aromatic rings. The molecule has 1 aliphatic carbocycles. The predicted octanol–water partition coefficient (Wildman–Crippen LogP) is 0.814. The molecule has 0 bridgehead atoms. The van der Waals surface area contributed by atoms with E-state index in [1.807, 2.05) is 6.07 Å². The summed E-state index contributed by atoms with van der Waals surface area (Å²) in [6, 6.07) is 1.84. The number of fused-ring (bicyclic) bond motifs is 1. The maximum absolute atomic E-state index is 13.0. The average Bonchev–Trinajstić information content (AvgIpc) is 3.24. The van der Waals surface area contributed by atoms with Gasteiger partial charge in [0.2, 0.25) is 11.9 Å². The predicted molar refractivity (Wildman–Crippen MR) is 94.6 cm³/mol. The number of likely N-dealkylation sites (tertiary alicyclic amines) is 1. The van der Waals surface area contributed by atoms with Gasteiger partial charge >= 0.3 is 0 Å². The zero-order chi connectivity index (χ0) is 17.6. The first-order valence-electron chi connectivity index (χ1n) is 9.72. The summed E-state index contributed by atoms with van der Waals surface area (Å²) in [4.78, 5) is 26.2. The van der Waals surface area contributed by atoms with Crippen molar-refractivity contribution >= 4 is 11.9 Å². The third-order valence-electron chi connectivity index (χ3n) is 6.49. The molecule has 3 saturated heterocycles. The van der Waals surface area contributed by atoms with Crippen LogP contribution in [0.3, 0.4) is 0 Å². The molecule has 1 amide bonds. The number of anilines is 1. The number of rotatable bonds is 2. The number of amides is 1. The highest BCUT2D eigenvalue weighted by molar-refractivity contribution is 5.82. The topological polar surface area (TPSA) is 67.8 Å². The molecule has 1 spiro atoms. The number of piperidine rings is 1. The van der Waals surface area contributed by atoms with Crippen molar-refractivity contribution in [3.05, 3.63) is 18.5 Å². The van der Waals surface area contributed by atoms with E-state index >= 15 is 0 Å². The van der Waals surface area contributed by atoms with Gasteiger partial charge < -0.3 is 19.3 Å². The zero-order valence-corrected chi connectivity index (χ0v) is 15.0. The lowest BCUT2D eigenvalue weighted by Crippen LogP contribution is -2.53. The van der Waals surface area contributed by atoms with Crippen molar-refractivity contribution < 1.29 is 14.3 Å². The van der Waals surface area contributed by atoms with Gasteiger partial charge in [-0.2, -0.15) is 0 Å². The normalized spacial score (nSPS) is 36.7. The molecule has 1 aromatic heterocycles. The number of carbonyl (C=O) groups is 1. The number of hydrogen-bond acceptors (Lipinski definition) is 6. The fourth-order valence-electron chi connectivity index (χ4n) is 5.08. The Bertz CT molecular complexity index is 662. The molecule has 2 unspecified atom stereocenters. The highest BCUT2D eigenvalue weighted by Gasteiger charge is 2.59. The molecule has 0 aromatic carbocycles. The standard InChI is InChI=1S/C19H26N4O3/c24-17(16-14-9-26-10-15(14)16)22-6-1-3-19(11-22)12-23(7-8-25-13-19)18-20-4-2-5-21-18/h2,4-5,14-16H,1,3,6-13H2/t14-,15+,16?,19?. The first-order valence-corrected chi connectivity index (χ1v) is 9.72. The number of ether oxygens (including phenoxy) is 2. The van der Waals surface area contributed by atoms with Crippen LogP contribution < -0.4 is 4.90 Å². The van der Waals surface area contributed by atoms with Gasteiger partial charge in [0.15, 0.2) is 0 Å². The van der Waals surface area contributed by atoms with Crippen LogP contribution >= 0.6 is 0 Å². The van der Waals surface area contributed by atoms with E-state index in [4.69, 9.17) is 9.47 Å². The number of carbonyl (C=O) groups excluding carboxylic acids is 1. The molecule has 0 radical (unpaired) electrons. The molecule has 4 heterocycles. The number of nitrogens with zero attached hydrogens (tertiary/aromatic N) is 4. The smallest absolute Gasteiger partial charge is 0.226 e. The lowest BCUT2D eigenvalue weighted by Gasteiger charge is -2.43. The molecule has 7 heteroatoms. The second-order valence-electron chi connectivity index (χ2n) is 8.28. The lowest BCUT2D eigenvalue weighted by molar-refractivity contribution is -0.138. The fraction of sp³-hybridized carbons (Fsp3) is 0.737. The summed E-state index contributed by atoms with van der Waals surface area (Å²) in [7, 11) is 0. The first-order chi connectivity index (χ1) is 12.8. The molecule has 5 rings (SSSR count). The Morgan fingerprint density at radius 1 is 1.12 bits per heavy atom. The van der Waals surface area contributed by atoms with Crippen LogP contribution in [0.1, 0.15) is 12.8 Å². The molecule has 1 saturated carbocycles. The second-order valence-corrected chi connectivity index (χ2v) is 8.28. The van der Waals surface area contributed by atoms with Crippen molar-refractivity contribution in [2.45, 2.75) is 12.8 Å². The van der Waals surface area contributed by atoms with Crippen molar-refractivity contribution in [1.82, 2.24) is 14.9 Å². The Hall–Kier alpha value is -1.73. The third-order valence-corrected chi connectivity index (χ3v) is 6.49. The highest BCUT2D eigenvalue weighted by Crippen LogP contribution is 2.52. The Kier molecular flexibility index (Phi) is 4.09.